The molecule has 2 aromatic heterocycles. The van der Waals surface area contributed by atoms with Gasteiger partial charge in [0.2, 0.25) is 0 Å². The molecule has 11 heteroatoms. The van der Waals surface area contributed by atoms with Crippen molar-refractivity contribution < 1.29 is 18.4 Å². The number of amides is 1. The minimum Gasteiger partial charge on any atom is -0.353 e. The normalized spacial score (nSPS) is 13.7. The van der Waals surface area contributed by atoms with Crippen molar-refractivity contribution in [1.29, 1.82) is 0 Å². The lowest BCUT2D eigenvalue weighted by atomic mass is 10.1. The Hall–Kier alpha value is -3.54. The van der Waals surface area contributed by atoms with E-state index in [-0.39, 0.29) is 5.56 Å². The van der Waals surface area contributed by atoms with E-state index in [4.69, 9.17) is 4.84 Å². The lowest BCUT2D eigenvalue weighted by molar-refractivity contribution is 0.0365. The molecule has 1 saturated carbocycles. The van der Waals surface area contributed by atoms with E-state index in [1.54, 1.807) is 20.0 Å². The molecule has 4 rings (SSSR count). The van der Waals surface area contributed by atoms with E-state index in [2.05, 4.69) is 26.1 Å². The highest BCUT2D eigenvalue weighted by Gasteiger charge is 2.26. The summed E-state index contributed by atoms with van der Waals surface area (Å²) in [5.41, 5.74) is 6.13. The Bertz CT molecular complexity index is 1250. The van der Waals surface area contributed by atoms with Crippen molar-refractivity contribution in [1.82, 2.24) is 15.4 Å². The summed E-state index contributed by atoms with van der Waals surface area (Å²) in [4.78, 5) is 26.6. The fourth-order valence-electron chi connectivity index (χ4n) is 3.56. The molecule has 0 spiro atoms. The number of benzene rings is 1. The van der Waals surface area contributed by atoms with E-state index in [9.17, 15) is 13.6 Å². The van der Waals surface area contributed by atoms with Crippen molar-refractivity contribution in [3.63, 3.8) is 0 Å². The van der Waals surface area contributed by atoms with Gasteiger partial charge in [-0.15, -0.1) is 0 Å². The summed E-state index contributed by atoms with van der Waals surface area (Å²) in [5.74, 6) is 1.07. The van der Waals surface area contributed by atoms with Gasteiger partial charge < -0.3 is 10.6 Å². The number of rotatable bonds is 10. The van der Waals surface area contributed by atoms with Gasteiger partial charge in [0.25, 0.3) is 17.2 Å². The zero-order chi connectivity index (χ0) is 24.9. The van der Waals surface area contributed by atoms with Gasteiger partial charge in [0.05, 0.1) is 29.2 Å². The maximum absolute atomic E-state index is 12.8. The molecule has 0 radical (unpaired) electrons. The zero-order valence-corrected chi connectivity index (χ0v) is 20.6. The molecular formula is C24H28N6O4S. The van der Waals surface area contributed by atoms with Gasteiger partial charge in [-0.2, -0.15) is 0 Å². The molecule has 0 saturated heterocycles. The first kappa shape index (κ1) is 24.6. The second-order valence-corrected chi connectivity index (χ2v) is 9.18. The van der Waals surface area contributed by atoms with Crippen LogP contribution in [0.3, 0.4) is 0 Å². The Balaban J connectivity index is 1.72. The van der Waals surface area contributed by atoms with Crippen molar-refractivity contribution >= 4 is 45.9 Å². The number of carbonyl (C=O) groups excluding carboxylic acids is 1. The van der Waals surface area contributed by atoms with E-state index in [0.29, 0.717) is 41.2 Å². The van der Waals surface area contributed by atoms with Crippen LogP contribution in [-0.4, -0.2) is 38.3 Å². The van der Waals surface area contributed by atoms with Crippen LogP contribution in [0.25, 0.3) is 0 Å². The highest BCUT2D eigenvalue weighted by atomic mass is 32.2. The van der Waals surface area contributed by atoms with Crippen LogP contribution in [0.4, 0.5) is 28.7 Å². The molecule has 0 bridgehead atoms. The van der Waals surface area contributed by atoms with E-state index in [1.165, 1.54) is 10.5 Å². The van der Waals surface area contributed by atoms with Crippen molar-refractivity contribution in [2.75, 3.05) is 28.6 Å². The molecule has 1 unspecified atom stereocenters. The largest absolute Gasteiger partial charge is 0.353 e. The van der Waals surface area contributed by atoms with E-state index >= 15 is 0 Å². The topological polar surface area (TPSA) is 129 Å². The molecule has 0 aliphatic heterocycles. The summed E-state index contributed by atoms with van der Waals surface area (Å²) in [6.45, 7) is 3.96. The molecule has 1 aliphatic rings. The summed E-state index contributed by atoms with van der Waals surface area (Å²) in [6, 6.07) is 13.0. The molecule has 1 amide bonds. The number of carbonyl (C=O) groups is 1. The third-order valence-corrected chi connectivity index (χ3v) is 6.18. The van der Waals surface area contributed by atoms with Crippen LogP contribution in [0.5, 0.6) is 0 Å². The fraction of sp³-hybridized carbons (Fsp3) is 0.292. The minimum absolute atomic E-state index is 0.242. The number of hydroxylamine groups is 1. The number of hydrogen-bond acceptors (Lipinski definition) is 7. The van der Waals surface area contributed by atoms with Crippen LogP contribution in [0.2, 0.25) is 0 Å². The molecule has 1 atom stereocenters. The minimum atomic E-state index is -2.22. The van der Waals surface area contributed by atoms with Crippen LogP contribution in [0.15, 0.2) is 48.7 Å². The Kier molecular flexibility index (Phi) is 7.59. The predicted octanol–water partition coefficient (Wildman–Crippen LogP) is 4.40. The Morgan fingerprint density at radius 2 is 1.97 bits per heavy atom. The van der Waals surface area contributed by atoms with Gasteiger partial charge in [0.1, 0.15) is 11.6 Å². The monoisotopic (exact) mass is 496 g/mol. The van der Waals surface area contributed by atoms with Crippen LogP contribution in [-0.2, 0) is 16.1 Å². The Morgan fingerprint density at radius 3 is 2.66 bits per heavy atom. The summed E-state index contributed by atoms with van der Waals surface area (Å²) in [6.07, 6.45) is 3.64. The molecule has 3 aromatic rings. The number of nitrogens with zero attached hydrogens (tertiary/aromatic N) is 3. The highest BCUT2D eigenvalue weighted by molar-refractivity contribution is 7.80. The second kappa shape index (κ2) is 10.8. The van der Waals surface area contributed by atoms with Gasteiger partial charge in [-0.1, -0.05) is 12.1 Å². The number of nitrogens with one attached hydrogen (secondary N) is 3. The summed E-state index contributed by atoms with van der Waals surface area (Å²) in [5, 5.41) is 6.40. The Labute approximate surface area is 206 Å². The van der Waals surface area contributed by atoms with E-state index in [1.807, 2.05) is 43.3 Å². The quantitative estimate of drug-likeness (QED) is 0.240. The lowest BCUT2D eigenvalue weighted by Crippen LogP contribution is -2.25. The summed E-state index contributed by atoms with van der Waals surface area (Å²) in [7, 11) is 1.54. The van der Waals surface area contributed by atoms with E-state index < -0.39 is 17.2 Å². The van der Waals surface area contributed by atoms with E-state index in [0.717, 1.165) is 24.1 Å². The number of hydrogen-bond donors (Lipinski definition) is 4. The first-order valence-electron chi connectivity index (χ1n) is 11.2. The maximum atomic E-state index is 12.8. The van der Waals surface area contributed by atoms with Gasteiger partial charge in [0, 0.05) is 25.0 Å². The van der Waals surface area contributed by atoms with Gasteiger partial charge in [0.15, 0.2) is 0 Å². The van der Waals surface area contributed by atoms with Crippen LogP contribution < -0.4 is 20.4 Å². The highest BCUT2D eigenvalue weighted by Crippen LogP contribution is 2.43. The molecule has 1 aliphatic carbocycles. The molecule has 1 fully saturated rings. The molecular weight excluding hydrogens is 468 g/mol. The van der Waals surface area contributed by atoms with Crippen molar-refractivity contribution in [2.24, 2.45) is 0 Å². The number of anilines is 5. The first-order chi connectivity index (χ1) is 16.9. The first-order valence-corrected chi connectivity index (χ1v) is 12.3. The molecule has 184 valence electrons. The van der Waals surface area contributed by atoms with Crippen LogP contribution in [0, 0.1) is 6.92 Å². The van der Waals surface area contributed by atoms with Crippen molar-refractivity contribution in [3.8, 4) is 0 Å². The molecule has 10 nitrogen and oxygen atoms in total. The summed E-state index contributed by atoms with van der Waals surface area (Å²) >= 11 is -2.22. The summed E-state index contributed by atoms with van der Waals surface area (Å²) < 4.78 is 22.9. The molecule has 4 N–H and O–H groups in total. The number of aryl methyl sites for hydroxylation is 1. The second-order valence-electron chi connectivity index (χ2n) is 8.17. The number of aromatic nitrogens is 2. The Morgan fingerprint density at radius 1 is 1.17 bits per heavy atom. The van der Waals surface area contributed by atoms with Crippen LogP contribution in [0.1, 0.15) is 47.3 Å². The third kappa shape index (κ3) is 6.13. The predicted molar refractivity (Wildman–Crippen MR) is 136 cm³/mol. The molecule has 2 heterocycles. The average molecular weight is 497 g/mol. The maximum Gasteiger partial charge on any atom is 0.278 e. The van der Waals surface area contributed by atoms with Crippen LogP contribution >= 0.6 is 0 Å². The average Bonchev–Trinajstić information content (AvgIpc) is 3.68. The molecule has 35 heavy (non-hydrogen) atoms. The fourth-order valence-corrected chi connectivity index (χ4v) is 3.88. The SMILES string of the molecule is CCONC(=O)c1cnc(Nc2cccc(C)n2)cc1Nc1ccc(C2CC2)cc1N(C)S(=O)O. The third-order valence-electron chi connectivity index (χ3n) is 5.52. The van der Waals surface area contributed by atoms with Crippen molar-refractivity contribution in [3.05, 3.63) is 65.5 Å². The zero-order valence-electron chi connectivity index (χ0n) is 19.7. The molecule has 1 aromatic carbocycles. The number of pyridine rings is 2. The van der Waals surface area contributed by atoms with Gasteiger partial charge in [-0.25, -0.2) is 19.7 Å². The lowest BCUT2D eigenvalue weighted by Gasteiger charge is -2.21. The smallest absolute Gasteiger partial charge is 0.278 e. The van der Waals surface area contributed by atoms with Gasteiger partial charge in [-0.3, -0.25) is 18.5 Å². The van der Waals surface area contributed by atoms with Crippen molar-refractivity contribution in [2.45, 2.75) is 32.6 Å². The van der Waals surface area contributed by atoms with Gasteiger partial charge in [-0.05, 0) is 62.4 Å². The standard InChI is InChI=1S/C24H28N6O4S/c1-4-34-29-24(31)18-14-25-23(28-22-7-5-6-15(2)26-22)13-20(18)27-19-11-10-17(16-8-9-16)12-21(19)30(3)35(32)33/h5-7,10-14,16H,4,8-9H2,1-3H3,(H,29,31)(H,32,33)(H2,25,26,27,28). The van der Waals surface area contributed by atoms with Gasteiger partial charge >= 0.3 is 0 Å².